The van der Waals surface area contributed by atoms with Crippen LogP contribution in [0.15, 0.2) is 89.8 Å². The number of esters is 1. The molecule has 3 aromatic carbocycles. The number of nitrogens with zero attached hydrogens (tertiary/aromatic N) is 1. The van der Waals surface area contributed by atoms with Crippen molar-refractivity contribution in [2.24, 2.45) is 0 Å². The number of carbonyl (C=O) groups is 2. The van der Waals surface area contributed by atoms with Crippen molar-refractivity contribution >= 4 is 22.1 Å². The first kappa shape index (κ1) is 23.0. The van der Waals surface area contributed by atoms with E-state index in [1.54, 1.807) is 72.8 Å². The maximum Gasteiger partial charge on any atom is 0.424 e. The van der Waals surface area contributed by atoms with E-state index in [2.05, 4.69) is 0 Å². The van der Waals surface area contributed by atoms with E-state index in [1.165, 1.54) is 19.1 Å². The molecule has 1 amide bonds. The minimum absolute atomic E-state index is 0.140. The van der Waals surface area contributed by atoms with Crippen molar-refractivity contribution in [1.82, 2.24) is 4.31 Å². The Kier molecular flexibility index (Phi) is 7.27. The van der Waals surface area contributed by atoms with E-state index < -0.39 is 28.1 Å². The van der Waals surface area contributed by atoms with Crippen LogP contribution in [-0.2, 0) is 26.2 Å². The summed E-state index contributed by atoms with van der Waals surface area (Å²) in [6.07, 6.45) is -1.17. The summed E-state index contributed by atoms with van der Waals surface area (Å²) in [4.78, 5) is 25.5. The van der Waals surface area contributed by atoms with Gasteiger partial charge >= 0.3 is 12.1 Å². The van der Waals surface area contributed by atoms with Gasteiger partial charge in [-0.1, -0.05) is 66.2 Å². The fraction of sp³-hybridized carbons (Fsp3) is 0.167. The third kappa shape index (κ3) is 5.53. The molecule has 0 saturated heterocycles. The Bertz CT molecular complexity index is 1160. The van der Waals surface area contributed by atoms with Crippen molar-refractivity contribution in [3.05, 3.63) is 96.1 Å². The van der Waals surface area contributed by atoms with E-state index >= 15 is 0 Å². The molecule has 0 bridgehead atoms. The Labute approximate surface area is 187 Å². The van der Waals surface area contributed by atoms with Crippen LogP contribution in [-0.4, -0.2) is 30.8 Å². The number of aryl methyl sites for hydroxylation is 1. The molecular weight excluding hydrogens is 430 g/mol. The summed E-state index contributed by atoms with van der Waals surface area (Å²) in [5.74, 6) is -0.682. The predicted molar refractivity (Wildman–Crippen MR) is 118 cm³/mol. The number of benzene rings is 3. The Morgan fingerprint density at radius 1 is 0.875 bits per heavy atom. The molecule has 0 aliphatic heterocycles. The second kappa shape index (κ2) is 10.1. The van der Waals surface area contributed by atoms with Crippen LogP contribution in [0.2, 0.25) is 0 Å². The van der Waals surface area contributed by atoms with Crippen molar-refractivity contribution in [2.75, 3.05) is 0 Å². The Morgan fingerprint density at radius 3 is 2.03 bits per heavy atom. The van der Waals surface area contributed by atoms with Crippen molar-refractivity contribution in [1.29, 1.82) is 0 Å². The number of carbonyl (C=O) groups excluding carboxylic acids is 2. The molecule has 0 heterocycles. The highest BCUT2D eigenvalue weighted by molar-refractivity contribution is 7.89. The second-order valence-corrected chi connectivity index (χ2v) is 8.88. The van der Waals surface area contributed by atoms with Crippen LogP contribution < -0.4 is 4.74 Å². The molecule has 0 aliphatic rings. The zero-order valence-corrected chi connectivity index (χ0v) is 18.5. The zero-order valence-electron chi connectivity index (χ0n) is 17.7. The van der Waals surface area contributed by atoms with E-state index in [-0.39, 0.29) is 17.3 Å². The smallest absolute Gasteiger partial charge is 0.424 e. The molecule has 1 atom stereocenters. The maximum absolute atomic E-state index is 13.3. The van der Waals surface area contributed by atoms with Gasteiger partial charge in [0.1, 0.15) is 18.4 Å². The monoisotopic (exact) mass is 453 g/mol. The molecular formula is C24H23NO6S. The van der Waals surface area contributed by atoms with E-state index in [4.69, 9.17) is 9.47 Å². The summed E-state index contributed by atoms with van der Waals surface area (Å²) in [6, 6.07) is 21.5. The Hall–Kier alpha value is -3.65. The Morgan fingerprint density at radius 2 is 1.44 bits per heavy atom. The predicted octanol–water partition coefficient (Wildman–Crippen LogP) is 4.32. The van der Waals surface area contributed by atoms with Crippen molar-refractivity contribution in [2.45, 2.75) is 31.4 Å². The first-order chi connectivity index (χ1) is 15.3. The van der Waals surface area contributed by atoms with Gasteiger partial charge in [0.05, 0.1) is 4.90 Å². The highest BCUT2D eigenvalue weighted by atomic mass is 32.2. The first-order valence-electron chi connectivity index (χ1n) is 9.87. The topological polar surface area (TPSA) is 90.0 Å². The summed E-state index contributed by atoms with van der Waals surface area (Å²) in [6.45, 7) is 2.93. The van der Waals surface area contributed by atoms with E-state index in [1.807, 2.05) is 6.92 Å². The summed E-state index contributed by atoms with van der Waals surface area (Å²) >= 11 is 0. The maximum atomic E-state index is 13.3. The molecule has 0 aliphatic carbocycles. The van der Waals surface area contributed by atoms with Gasteiger partial charge in [-0.2, -0.15) is 4.31 Å². The molecule has 0 radical (unpaired) electrons. The molecule has 3 aromatic rings. The molecule has 0 aromatic heterocycles. The van der Waals surface area contributed by atoms with E-state index in [9.17, 15) is 18.0 Å². The lowest BCUT2D eigenvalue weighted by Crippen LogP contribution is -2.48. The Balaban J connectivity index is 1.89. The molecule has 0 spiro atoms. The van der Waals surface area contributed by atoms with Gasteiger partial charge in [0.25, 0.3) is 10.0 Å². The fourth-order valence-corrected chi connectivity index (χ4v) is 4.32. The lowest BCUT2D eigenvalue weighted by atomic mass is 10.2. The number of para-hydroxylation sites is 1. The van der Waals surface area contributed by atoms with Gasteiger partial charge in [0.15, 0.2) is 0 Å². The molecule has 0 N–H and O–H groups in total. The molecule has 7 nitrogen and oxygen atoms in total. The standard InChI is InChI=1S/C24H23NO6S/c1-18-13-15-22(16-14-18)32(28,29)25(24(27)30-17-20-9-5-3-6-10-20)19(2)23(26)31-21-11-7-4-8-12-21/h3-16,19H,17H2,1-2H3/t19-/m0/s1. The van der Waals surface area contributed by atoms with Gasteiger partial charge < -0.3 is 9.47 Å². The number of ether oxygens (including phenoxy) is 2. The molecule has 8 heteroatoms. The summed E-state index contributed by atoms with van der Waals surface area (Å²) in [7, 11) is -4.40. The molecule has 166 valence electrons. The van der Waals surface area contributed by atoms with Crippen LogP contribution in [0.3, 0.4) is 0 Å². The summed E-state index contributed by atoms with van der Waals surface area (Å²) < 4.78 is 37.6. The first-order valence-corrected chi connectivity index (χ1v) is 11.3. The number of rotatable bonds is 7. The van der Waals surface area contributed by atoms with Gasteiger partial charge in [0.2, 0.25) is 0 Å². The largest absolute Gasteiger partial charge is 0.444 e. The average molecular weight is 454 g/mol. The highest BCUT2D eigenvalue weighted by Gasteiger charge is 2.39. The molecule has 3 rings (SSSR count). The highest BCUT2D eigenvalue weighted by Crippen LogP contribution is 2.22. The van der Waals surface area contributed by atoms with Crippen LogP contribution in [0.1, 0.15) is 18.1 Å². The molecule has 0 fully saturated rings. The van der Waals surface area contributed by atoms with Crippen molar-refractivity contribution in [3.63, 3.8) is 0 Å². The molecule has 0 saturated carbocycles. The molecule has 0 unspecified atom stereocenters. The van der Waals surface area contributed by atoms with Crippen molar-refractivity contribution < 1.29 is 27.5 Å². The summed E-state index contributed by atoms with van der Waals surface area (Å²) in [5.41, 5.74) is 1.52. The number of hydrogen-bond acceptors (Lipinski definition) is 6. The third-order valence-electron chi connectivity index (χ3n) is 4.62. The third-order valence-corrected chi connectivity index (χ3v) is 6.47. The van der Waals surface area contributed by atoms with Crippen LogP contribution in [0.25, 0.3) is 0 Å². The molecule has 32 heavy (non-hydrogen) atoms. The van der Waals surface area contributed by atoms with Gasteiger partial charge in [-0.05, 0) is 43.7 Å². The fourth-order valence-electron chi connectivity index (χ4n) is 2.86. The zero-order chi connectivity index (χ0) is 23.1. The lowest BCUT2D eigenvalue weighted by Gasteiger charge is -2.26. The van der Waals surface area contributed by atoms with Crippen molar-refractivity contribution in [3.8, 4) is 5.75 Å². The minimum atomic E-state index is -4.40. The number of sulfonamides is 1. The second-order valence-electron chi connectivity index (χ2n) is 7.06. The van der Waals surface area contributed by atoms with Crippen LogP contribution >= 0.6 is 0 Å². The number of hydrogen-bond donors (Lipinski definition) is 0. The van der Waals surface area contributed by atoms with Crippen LogP contribution in [0.5, 0.6) is 5.75 Å². The van der Waals surface area contributed by atoms with Gasteiger partial charge in [-0.15, -0.1) is 0 Å². The SMILES string of the molecule is Cc1ccc(S(=O)(=O)N(C(=O)OCc2ccccc2)[C@@H](C)C(=O)Oc2ccccc2)cc1. The van der Waals surface area contributed by atoms with E-state index in [0.717, 1.165) is 5.56 Å². The number of amides is 1. The van der Waals surface area contributed by atoms with Gasteiger partial charge in [-0.3, -0.25) is 0 Å². The van der Waals surface area contributed by atoms with Crippen LogP contribution in [0, 0.1) is 6.92 Å². The average Bonchev–Trinajstić information content (AvgIpc) is 2.79. The lowest BCUT2D eigenvalue weighted by molar-refractivity contribution is -0.137. The minimum Gasteiger partial charge on any atom is -0.444 e. The quantitative estimate of drug-likeness (QED) is 0.391. The summed E-state index contributed by atoms with van der Waals surface area (Å²) in [5, 5.41) is 0. The van der Waals surface area contributed by atoms with Crippen LogP contribution in [0.4, 0.5) is 4.79 Å². The van der Waals surface area contributed by atoms with E-state index in [0.29, 0.717) is 9.87 Å². The van der Waals surface area contributed by atoms with Gasteiger partial charge in [-0.25, -0.2) is 18.0 Å². The normalized spacial score (nSPS) is 11.9. The van der Waals surface area contributed by atoms with Gasteiger partial charge in [0, 0.05) is 0 Å².